The highest BCUT2D eigenvalue weighted by Gasteiger charge is 2.08. The Kier molecular flexibility index (Phi) is 3.91. The molecule has 0 fully saturated rings. The second-order valence-electron chi connectivity index (χ2n) is 3.69. The Morgan fingerprint density at radius 3 is 2.88 bits per heavy atom. The molecule has 0 aliphatic carbocycles. The molecule has 17 heavy (non-hydrogen) atoms. The van der Waals surface area contributed by atoms with Gasteiger partial charge in [-0.1, -0.05) is 0 Å². The SMILES string of the molecule is NCCCNc1nccc2c(Br)c(F)ccc12. The Bertz CT molecular complexity index is 530. The Hall–Kier alpha value is -1.20. The number of rotatable bonds is 4. The van der Waals surface area contributed by atoms with Crippen LogP contribution in [0.1, 0.15) is 6.42 Å². The maximum atomic E-state index is 13.4. The first-order valence-electron chi connectivity index (χ1n) is 5.40. The van der Waals surface area contributed by atoms with E-state index in [4.69, 9.17) is 5.73 Å². The first-order valence-corrected chi connectivity index (χ1v) is 6.20. The molecule has 2 aromatic rings. The number of anilines is 1. The Labute approximate surface area is 107 Å². The lowest BCUT2D eigenvalue weighted by molar-refractivity contribution is 0.623. The number of aromatic nitrogens is 1. The van der Waals surface area contributed by atoms with E-state index in [0.29, 0.717) is 11.0 Å². The average Bonchev–Trinajstić information content (AvgIpc) is 2.35. The van der Waals surface area contributed by atoms with Gasteiger partial charge >= 0.3 is 0 Å². The first kappa shape index (κ1) is 12.3. The van der Waals surface area contributed by atoms with Crippen LogP contribution >= 0.6 is 15.9 Å². The van der Waals surface area contributed by atoms with Crippen LogP contribution in [0.3, 0.4) is 0 Å². The van der Waals surface area contributed by atoms with Crippen molar-refractivity contribution in [3.05, 3.63) is 34.7 Å². The third-order valence-electron chi connectivity index (χ3n) is 2.51. The number of benzene rings is 1. The highest BCUT2D eigenvalue weighted by Crippen LogP contribution is 2.29. The maximum Gasteiger partial charge on any atom is 0.138 e. The second kappa shape index (κ2) is 5.42. The molecule has 90 valence electrons. The summed E-state index contributed by atoms with van der Waals surface area (Å²) in [6.45, 7) is 1.40. The van der Waals surface area contributed by atoms with Gasteiger partial charge in [0.15, 0.2) is 0 Å². The molecule has 0 atom stereocenters. The van der Waals surface area contributed by atoms with Crippen molar-refractivity contribution in [3.8, 4) is 0 Å². The Morgan fingerprint density at radius 1 is 1.29 bits per heavy atom. The number of fused-ring (bicyclic) bond motifs is 1. The summed E-state index contributed by atoms with van der Waals surface area (Å²) in [5.41, 5.74) is 5.43. The molecule has 3 N–H and O–H groups in total. The van der Waals surface area contributed by atoms with Crippen LogP contribution in [0.25, 0.3) is 10.8 Å². The molecule has 0 saturated heterocycles. The minimum absolute atomic E-state index is 0.267. The fourth-order valence-electron chi connectivity index (χ4n) is 1.64. The van der Waals surface area contributed by atoms with Crippen molar-refractivity contribution in [1.29, 1.82) is 0 Å². The highest BCUT2D eigenvalue weighted by atomic mass is 79.9. The van der Waals surface area contributed by atoms with Crippen LogP contribution in [0.5, 0.6) is 0 Å². The molecular formula is C12H13BrFN3. The average molecular weight is 298 g/mol. The van der Waals surface area contributed by atoms with Gasteiger partial charge in [-0.2, -0.15) is 0 Å². The van der Waals surface area contributed by atoms with Gasteiger partial charge in [0.05, 0.1) is 4.47 Å². The zero-order chi connectivity index (χ0) is 12.3. The lowest BCUT2D eigenvalue weighted by Crippen LogP contribution is -2.09. The van der Waals surface area contributed by atoms with E-state index in [-0.39, 0.29) is 5.82 Å². The van der Waals surface area contributed by atoms with Gasteiger partial charge in [-0.3, -0.25) is 0 Å². The van der Waals surface area contributed by atoms with Gasteiger partial charge in [0.2, 0.25) is 0 Å². The van der Waals surface area contributed by atoms with E-state index in [1.54, 1.807) is 18.3 Å². The van der Waals surface area contributed by atoms with Crippen molar-refractivity contribution < 1.29 is 4.39 Å². The molecule has 2 rings (SSSR count). The van der Waals surface area contributed by atoms with E-state index >= 15 is 0 Å². The summed E-state index contributed by atoms with van der Waals surface area (Å²) in [7, 11) is 0. The molecule has 1 heterocycles. The van der Waals surface area contributed by atoms with Gasteiger partial charge in [-0.25, -0.2) is 9.37 Å². The van der Waals surface area contributed by atoms with Crippen molar-refractivity contribution in [3.63, 3.8) is 0 Å². The number of hydrogen-bond donors (Lipinski definition) is 2. The first-order chi connectivity index (χ1) is 8.24. The minimum Gasteiger partial charge on any atom is -0.370 e. The second-order valence-corrected chi connectivity index (χ2v) is 4.48. The summed E-state index contributed by atoms with van der Waals surface area (Å²) in [5.74, 6) is 0.494. The van der Waals surface area contributed by atoms with Crippen molar-refractivity contribution >= 4 is 32.5 Å². The molecule has 0 radical (unpaired) electrons. The summed E-state index contributed by atoms with van der Waals surface area (Å²) in [5, 5.41) is 4.92. The summed E-state index contributed by atoms with van der Waals surface area (Å²) >= 11 is 3.25. The lowest BCUT2D eigenvalue weighted by Gasteiger charge is -2.09. The van der Waals surface area contributed by atoms with Crippen LogP contribution in [0.15, 0.2) is 28.9 Å². The number of nitrogens with one attached hydrogen (secondary N) is 1. The van der Waals surface area contributed by atoms with Gasteiger partial charge in [0.1, 0.15) is 11.6 Å². The maximum absolute atomic E-state index is 13.4. The van der Waals surface area contributed by atoms with Gasteiger partial charge in [-0.15, -0.1) is 0 Å². The minimum atomic E-state index is -0.267. The molecule has 1 aromatic carbocycles. The normalized spacial score (nSPS) is 10.8. The van der Waals surface area contributed by atoms with E-state index in [0.717, 1.165) is 29.6 Å². The van der Waals surface area contributed by atoms with Gasteiger partial charge in [-0.05, 0) is 47.1 Å². The number of pyridine rings is 1. The highest BCUT2D eigenvalue weighted by molar-refractivity contribution is 9.10. The number of nitrogens with zero attached hydrogens (tertiary/aromatic N) is 1. The zero-order valence-corrected chi connectivity index (χ0v) is 10.8. The fourth-order valence-corrected chi connectivity index (χ4v) is 2.12. The molecule has 0 spiro atoms. The lowest BCUT2D eigenvalue weighted by atomic mass is 10.1. The van der Waals surface area contributed by atoms with Crippen LogP contribution in [0.2, 0.25) is 0 Å². The predicted octanol–water partition coefficient (Wildman–Crippen LogP) is 2.90. The molecule has 0 aliphatic heterocycles. The van der Waals surface area contributed by atoms with Gasteiger partial charge in [0, 0.05) is 23.5 Å². The van der Waals surface area contributed by atoms with Crippen molar-refractivity contribution in [2.45, 2.75) is 6.42 Å². The topological polar surface area (TPSA) is 50.9 Å². The zero-order valence-electron chi connectivity index (χ0n) is 9.21. The third-order valence-corrected chi connectivity index (χ3v) is 3.31. The fraction of sp³-hybridized carbons (Fsp3) is 0.250. The van der Waals surface area contributed by atoms with E-state index < -0.39 is 0 Å². The number of hydrogen-bond acceptors (Lipinski definition) is 3. The summed E-state index contributed by atoms with van der Waals surface area (Å²) in [4.78, 5) is 4.25. The predicted molar refractivity (Wildman–Crippen MR) is 71.6 cm³/mol. The van der Waals surface area contributed by atoms with E-state index in [1.807, 2.05) is 0 Å². The van der Waals surface area contributed by atoms with Crippen molar-refractivity contribution in [2.75, 3.05) is 18.4 Å². The van der Waals surface area contributed by atoms with Crippen LogP contribution in [-0.4, -0.2) is 18.1 Å². The standard InChI is InChI=1S/C12H13BrFN3/c13-11-8-4-7-17-12(16-6-1-5-15)9(8)2-3-10(11)14/h2-4,7H,1,5-6,15H2,(H,16,17). The number of nitrogens with two attached hydrogens (primary N) is 1. The van der Waals surface area contributed by atoms with E-state index in [2.05, 4.69) is 26.2 Å². The molecule has 0 bridgehead atoms. The van der Waals surface area contributed by atoms with Crippen LogP contribution in [-0.2, 0) is 0 Å². The molecule has 1 aromatic heterocycles. The Morgan fingerprint density at radius 2 is 2.12 bits per heavy atom. The van der Waals surface area contributed by atoms with Gasteiger partial charge in [0.25, 0.3) is 0 Å². The molecule has 3 nitrogen and oxygen atoms in total. The summed E-state index contributed by atoms with van der Waals surface area (Å²) in [6, 6.07) is 4.95. The number of halogens is 2. The Balaban J connectivity index is 2.40. The summed E-state index contributed by atoms with van der Waals surface area (Å²) < 4.78 is 13.9. The smallest absolute Gasteiger partial charge is 0.138 e. The molecule has 5 heteroatoms. The van der Waals surface area contributed by atoms with Crippen molar-refractivity contribution in [1.82, 2.24) is 4.98 Å². The van der Waals surface area contributed by atoms with E-state index in [9.17, 15) is 4.39 Å². The molecule has 0 saturated carbocycles. The molecule has 0 amide bonds. The largest absolute Gasteiger partial charge is 0.370 e. The van der Waals surface area contributed by atoms with Crippen LogP contribution in [0.4, 0.5) is 10.2 Å². The molecule has 0 unspecified atom stereocenters. The molecule has 0 aliphatic rings. The quantitative estimate of drug-likeness (QED) is 0.853. The van der Waals surface area contributed by atoms with Crippen LogP contribution in [0, 0.1) is 5.82 Å². The van der Waals surface area contributed by atoms with Crippen LogP contribution < -0.4 is 11.1 Å². The molecular weight excluding hydrogens is 285 g/mol. The van der Waals surface area contributed by atoms with E-state index in [1.165, 1.54) is 6.07 Å². The van der Waals surface area contributed by atoms with Gasteiger partial charge < -0.3 is 11.1 Å². The third kappa shape index (κ3) is 2.56. The monoisotopic (exact) mass is 297 g/mol. The summed E-state index contributed by atoms with van der Waals surface area (Å²) in [6.07, 6.45) is 2.54. The van der Waals surface area contributed by atoms with Crippen molar-refractivity contribution in [2.24, 2.45) is 5.73 Å².